The molecule has 0 spiro atoms. The van der Waals surface area contributed by atoms with Gasteiger partial charge in [-0.15, -0.1) is 0 Å². The largest absolute Gasteiger partial charge is 0.356 e. The maximum absolute atomic E-state index is 14.1. The van der Waals surface area contributed by atoms with Gasteiger partial charge < -0.3 is 4.90 Å². The summed E-state index contributed by atoms with van der Waals surface area (Å²) < 4.78 is 42.1. The molecule has 0 aliphatic carbocycles. The van der Waals surface area contributed by atoms with Crippen molar-refractivity contribution in [2.75, 3.05) is 31.1 Å². The number of rotatable bonds is 9. The predicted octanol–water partition coefficient (Wildman–Crippen LogP) is 7.13. The van der Waals surface area contributed by atoms with Crippen molar-refractivity contribution in [3.63, 3.8) is 0 Å². The number of piperazine rings is 1. The van der Waals surface area contributed by atoms with Crippen molar-refractivity contribution in [3.8, 4) is 0 Å². The normalized spacial score (nSPS) is 14.5. The molecular weight excluding hydrogens is 497 g/mol. The van der Waals surface area contributed by atoms with E-state index in [0.29, 0.717) is 41.6 Å². The third-order valence-corrected chi connectivity index (χ3v) is 6.94. The highest BCUT2D eigenvalue weighted by molar-refractivity contribution is 6.14. The molecule has 1 aliphatic rings. The molecule has 1 heterocycles. The van der Waals surface area contributed by atoms with Gasteiger partial charge in [-0.2, -0.15) is 8.78 Å². The van der Waals surface area contributed by atoms with Crippen LogP contribution in [0, 0.1) is 19.7 Å². The summed E-state index contributed by atoms with van der Waals surface area (Å²) in [7, 11) is 0. The highest BCUT2D eigenvalue weighted by atomic mass is 19.3. The van der Waals surface area contributed by atoms with E-state index in [1.54, 1.807) is 18.2 Å². The summed E-state index contributed by atoms with van der Waals surface area (Å²) in [6.07, 6.45) is 0. The van der Waals surface area contributed by atoms with E-state index < -0.39 is 6.55 Å². The SMILES string of the molecule is C=C(C)N=C(c1cccc(F)c1)c1ccc(CN2CCN(C(=C)N(c3ccccc3C)C(F)F)CC2)cc1C. The van der Waals surface area contributed by atoms with Crippen molar-refractivity contribution in [3.05, 3.63) is 125 Å². The van der Waals surface area contributed by atoms with Gasteiger partial charge in [0.25, 0.3) is 0 Å². The zero-order valence-electron chi connectivity index (χ0n) is 22.8. The van der Waals surface area contributed by atoms with Gasteiger partial charge in [-0.05, 0) is 55.7 Å². The van der Waals surface area contributed by atoms with Gasteiger partial charge in [0.2, 0.25) is 0 Å². The summed E-state index contributed by atoms with van der Waals surface area (Å²) in [4.78, 5) is 9.89. The topological polar surface area (TPSA) is 22.1 Å². The van der Waals surface area contributed by atoms with Crippen LogP contribution in [0.4, 0.5) is 18.9 Å². The molecule has 0 atom stereocenters. The number of allylic oxidation sites excluding steroid dienone is 1. The van der Waals surface area contributed by atoms with Crippen molar-refractivity contribution >= 4 is 11.4 Å². The summed E-state index contributed by atoms with van der Waals surface area (Å²) >= 11 is 0. The maximum Gasteiger partial charge on any atom is 0.320 e. The fraction of sp³-hybridized carbons (Fsp3) is 0.281. The molecular formula is C32H35F3N4. The van der Waals surface area contributed by atoms with Gasteiger partial charge in [0.1, 0.15) is 11.6 Å². The van der Waals surface area contributed by atoms with E-state index in [1.807, 2.05) is 49.9 Å². The molecule has 4 rings (SSSR count). The predicted molar refractivity (Wildman–Crippen MR) is 154 cm³/mol. The Morgan fingerprint density at radius 2 is 1.64 bits per heavy atom. The van der Waals surface area contributed by atoms with E-state index in [-0.39, 0.29) is 5.82 Å². The molecule has 204 valence electrons. The van der Waals surface area contributed by atoms with Crippen LogP contribution in [0.1, 0.15) is 34.7 Å². The van der Waals surface area contributed by atoms with Gasteiger partial charge in [0, 0.05) is 49.5 Å². The number of alkyl halides is 2. The number of benzene rings is 3. The first-order valence-corrected chi connectivity index (χ1v) is 13.0. The minimum Gasteiger partial charge on any atom is -0.356 e. The van der Waals surface area contributed by atoms with Crippen LogP contribution in [0.15, 0.2) is 96.4 Å². The average Bonchev–Trinajstić information content (AvgIpc) is 2.89. The van der Waals surface area contributed by atoms with Crippen LogP contribution in [0.2, 0.25) is 0 Å². The molecule has 1 fully saturated rings. The molecule has 1 aliphatic heterocycles. The van der Waals surface area contributed by atoms with E-state index in [1.165, 1.54) is 12.1 Å². The van der Waals surface area contributed by atoms with Crippen LogP contribution >= 0.6 is 0 Å². The van der Waals surface area contributed by atoms with E-state index in [0.717, 1.165) is 46.8 Å². The Hall–Kier alpha value is -3.84. The maximum atomic E-state index is 14.1. The first-order valence-electron chi connectivity index (χ1n) is 13.0. The lowest BCUT2D eigenvalue weighted by molar-refractivity contribution is 0.116. The van der Waals surface area contributed by atoms with Crippen molar-refractivity contribution in [2.24, 2.45) is 4.99 Å². The minimum absolute atomic E-state index is 0.311. The molecule has 0 bridgehead atoms. The Labute approximate surface area is 229 Å². The fourth-order valence-electron chi connectivity index (χ4n) is 4.96. The zero-order valence-corrected chi connectivity index (χ0v) is 22.8. The lowest BCUT2D eigenvalue weighted by atomic mass is 9.96. The summed E-state index contributed by atoms with van der Waals surface area (Å²) in [5, 5.41) is 0. The number of hydrogen-bond acceptors (Lipinski definition) is 4. The smallest absolute Gasteiger partial charge is 0.320 e. The zero-order chi connectivity index (χ0) is 28.1. The molecule has 7 heteroatoms. The third kappa shape index (κ3) is 6.79. The van der Waals surface area contributed by atoms with E-state index in [4.69, 9.17) is 0 Å². The molecule has 0 N–H and O–H groups in total. The molecule has 39 heavy (non-hydrogen) atoms. The first-order chi connectivity index (χ1) is 18.6. The standard InChI is InChI=1S/C32H35F3N4/c1-22(2)36-31(27-10-8-11-28(33)20-27)29-14-13-26(19-24(29)4)21-37-15-17-38(18-16-37)25(5)39(32(34)35)30-12-7-6-9-23(30)3/h6-14,19-20,32H,1,5,15-18,21H2,2-4H3. The van der Waals surface area contributed by atoms with Crippen LogP contribution in [0.5, 0.6) is 0 Å². The van der Waals surface area contributed by atoms with Crippen LogP contribution < -0.4 is 4.90 Å². The Morgan fingerprint density at radius 1 is 0.923 bits per heavy atom. The molecule has 0 amide bonds. The third-order valence-electron chi connectivity index (χ3n) is 6.94. The van der Waals surface area contributed by atoms with Gasteiger partial charge >= 0.3 is 6.55 Å². The molecule has 0 radical (unpaired) electrons. The summed E-state index contributed by atoms with van der Waals surface area (Å²) in [5.41, 5.74) is 6.40. The number of hydrogen-bond donors (Lipinski definition) is 0. The number of anilines is 1. The summed E-state index contributed by atoms with van der Waals surface area (Å²) in [5.74, 6) is 0.00871. The molecule has 1 saturated heterocycles. The fourth-order valence-corrected chi connectivity index (χ4v) is 4.96. The highest BCUT2D eigenvalue weighted by Gasteiger charge is 2.27. The van der Waals surface area contributed by atoms with Crippen LogP contribution in [0.25, 0.3) is 0 Å². The number of nitrogens with zero attached hydrogens (tertiary/aromatic N) is 4. The molecule has 4 nitrogen and oxygen atoms in total. The van der Waals surface area contributed by atoms with Crippen LogP contribution in [-0.2, 0) is 6.54 Å². The Morgan fingerprint density at radius 3 is 2.26 bits per heavy atom. The average molecular weight is 533 g/mol. The van der Waals surface area contributed by atoms with Gasteiger partial charge in [-0.3, -0.25) is 14.8 Å². The summed E-state index contributed by atoms with van der Waals surface area (Å²) in [6.45, 7) is 14.4. The number of aryl methyl sites for hydroxylation is 2. The van der Waals surface area contributed by atoms with Gasteiger partial charge in [-0.25, -0.2) is 4.39 Å². The minimum atomic E-state index is -2.68. The highest BCUT2D eigenvalue weighted by Crippen LogP contribution is 2.29. The Kier molecular flexibility index (Phi) is 8.92. The lowest BCUT2D eigenvalue weighted by Gasteiger charge is -2.40. The van der Waals surface area contributed by atoms with Gasteiger partial charge in [0.15, 0.2) is 0 Å². The Balaban J connectivity index is 1.44. The van der Waals surface area contributed by atoms with Crippen LogP contribution in [0.3, 0.4) is 0 Å². The molecule has 3 aromatic rings. The molecule has 0 unspecified atom stereocenters. The Bertz CT molecular complexity index is 1370. The first kappa shape index (κ1) is 28.2. The number of para-hydroxylation sites is 1. The molecule has 0 aromatic heterocycles. The molecule has 0 saturated carbocycles. The van der Waals surface area contributed by atoms with E-state index in [9.17, 15) is 13.2 Å². The number of halogens is 3. The number of aliphatic imine (C=N–C) groups is 1. The van der Waals surface area contributed by atoms with Gasteiger partial charge in [-0.1, -0.05) is 61.7 Å². The van der Waals surface area contributed by atoms with E-state index >= 15 is 0 Å². The van der Waals surface area contributed by atoms with E-state index in [2.05, 4.69) is 35.2 Å². The van der Waals surface area contributed by atoms with Crippen molar-refractivity contribution < 1.29 is 13.2 Å². The van der Waals surface area contributed by atoms with Crippen molar-refractivity contribution in [1.29, 1.82) is 0 Å². The second kappa shape index (κ2) is 12.3. The second-order valence-electron chi connectivity index (χ2n) is 9.97. The second-order valence-corrected chi connectivity index (χ2v) is 9.97. The quantitative estimate of drug-likeness (QED) is 0.216. The summed E-state index contributed by atoms with van der Waals surface area (Å²) in [6, 6.07) is 19.8. The van der Waals surface area contributed by atoms with Crippen molar-refractivity contribution in [1.82, 2.24) is 9.80 Å². The lowest BCUT2D eigenvalue weighted by Crippen LogP contribution is -2.49. The molecule has 3 aromatic carbocycles. The monoisotopic (exact) mass is 532 g/mol. The van der Waals surface area contributed by atoms with Crippen LogP contribution in [-0.4, -0.2) is 48.2 Å². The van der Waals surface area contributed by atoms with Crippen molar-refractivity contribution in [2.45, 2.75) is 33.9 Å². The van der Waals surface area contributed by atoms with Gasteiger partial charge in [0.05, 0.1) is 11.4 Å².